The van der Waals surface area contributed by atoms with Gasteiger partial charge in [0.2, 0.25) is 0 Å². The Morgan fingerprint density at radius 2 is 1.45 bits per heavy atom. The molecule has 1 saturated heterocycles. The molecular weight excluding hydrogens is 422 g/mol. The maximum Gasteiger partial charge on any atom is 0.295 e. The van der Waals surface area contributed by atoms with Crippen LogP contribution < -0.4 is 0 Å². The van der Waals surface area contributed by atoms with Gasteiger partial charge in [-0.05, 0) is 29.3 Å². The third-order valence-corrected chi connectivity index (χ3v) is 6.15. The average molecular weight is 447 g/mol. The molecule has 0 radical (unpaired) electrons. The van der Waals surface area contributed by atoms with Crippen LogP contribution in [0.25, 0.3) is 11.0 Å². The highest BCUT2D eigenvalue weighted by atomic mass is 19.3. The normalized spacial score (nSPS) is 15.0. The summed E-state index contributed by atoms with van der Waals surface area (Å²) in [7, 11) is 0. The average Bonchev–Trinajstić information content (AvgIpc) is 3.30. The third-order valence-electron chi connectivity index (χ3n) is 6.15. The molecule has 0 aliphatic carbocycles. The molecule has 3 aromatic carbocycles. The van der Waals surface area contributed by atoms with Crippen molar-refractivity contribution in [3.8, 4) is 0 Å². The van der Waals surface area contributed by atoms with Crippen LogP contribution in [0.15, 0.2) is 78.9 Å². The van der Waals surface area contributed by atoms with Gasteiger partial charge in [-0.2, -0.15) is 0 Å². The Balaban J connectivity index is 1.32. The van der Waals surface area contributed by atoms with Crippen LogP contribution in [0.1, 0.15) is 39.8 Å². The predicted octanol–water partition coefficient (Wildman–Crippen LogP) is 5.05. The molecule has 2 heterocycles. The molecule has 0 bridgehead atoms. The zero-order valence-electron chi connectivity index (χ0n) is 18.0. The largest absolute Gasteiger partial charge is 0.337 e. The molecule has 0 spiro atoms. The number of aromatic nitrogens is 2. The van der Waals surface area contributed by atoms with Gasteiger partial charge in [0.15, 0.2) is 5.82 Å². The van der Waals surface area contributed by atoms with E-state index in [4.69, 9.17) is 0 Å². The van der Waals surface area contributed by atoms with Crippen molar-refractivity contribution in [2.24, 2.45) is 0 Å². The first-order valence-corrected chi connectivity index (χ1v) is 11.0. The number of amides is 1. The van der Waals surface area contributed by atoms with Crippen molar-refractivity contribution < 1.29 is 13.6 Å². The number of piperazine rings is 1. The molecule has 0 atom stereocenters. The number of hydrogen-bond donors (Lipinski definition) is 1. The first-order chi connectivity index (χ1) is 16.1. The van der Waals surface area contributed by atoms with E-state index in [0.717, 1.165) is 13.1 Å². The van der Waals surface area contributed by atoms with E-state index < -0.39 is 6.43 Å². The van der Waals surface area contributed by atoms with E-state index in [9.17, 15) is 13.6 Å². The summed E-state index contributed by atoms with van der Waals surface area (Å²) in [6.45, 7) is 2.67. The fourth-order valence-electron chi connectivity index (χ4n) is 4.52. The van der Waals surface area contributed by atoms with Gasteiger partial charge in [0.05, 0.1) is 17.1 Å². The van der Waals surface area contributed by atoms with Gasteiger partial charge in [-0.15, -0.1) is 0 Å². The molecule has 4 aromatic rings. The van der Waals surface area contributed by atoms with E-state index in [1.165, 1.54) is 11.1 Å². The Hall–Kier alpha value is -3.58. The Kier molecular flexibility index (Phi) is 5.88. The van der Waals surface area contributed by atoms with Gasteiger partial charge in [-0.1, -0.05) is 60.7 Å². The molecule has 0 saturated carbocycles. The summed E-state index contributed by atoms with van der Waals surface area (Å²) in [5.74, 6) is -0.475. The smallest absolute Gasteiger partial charge is 0.295 e. The summed E-state index contributed by atoms with van der Waals surface area (Å²) in [5, 5.41) is 0. The molecule has 0 unspecified atom stereocenters. The molecule has 33 heavy (non-hydrogen) atoms. The number of halogens is 2. The van der Waals surface area contributed by atoms with Crippen molar-refractivity contribution in [2.45, 2.75) is 12.5 Å². The molecule has 5 rings (SSSR count). The van der Waals surface area contributed by atoms with Crippen LogP contribution >= 0.6 is 0 Å². The molecule has 168 valence electrons. The lowest BCUT2D eigenvalue weighted by atomic mass is 9.96. The quantitative estimate of drug-likeness (QED) is 0.467. The number of benzene rings is 3. The highest BCUT2D eigenvalue weighted by Crippen LogP contribution is 2.30. The molecule has 1 aliphatic heterocycles. The minimum atomic E-state index is -2.67. The van der Waals surface area contributed by atoms with Crippen LogP contribution in [0.5, 0.6) is 0 Å². The fraction of sp³-hybridized carbons (Fsp3) is 0.231. The maximum absolute atomic E-state index is 13.1. The van der Waals surface area contributed by atoms with Crippen LogP contribution in [0.4, 0.5) is 8.78 Å². The first-order valence-electron chi connectivity index (χ1n) is 11.0. The number of aromatic amines is 1. The van der Waals surface area contributed by atoms with Crippen molar-refractivity contribution in [2.75, 3.05) is 26.2 Å². The Morgan fingerprint density at radius 1 is 0.848 bits per heavy atom. The number of alkyl halides is 2. The van der Waals surface area contributed by atoms with Crippen molar-refractivity contribution in [3.05, 3.63) is 101 Å². The minimum absolute atomic E-state index is 0.0966. The lowest BCUT2D eigenvalue weighted by Gasteiger charge is -2.39. The standard InChI is InChI=1S/C26H24F2N4O/c27-24(28)25-29-21-12-11-20(17-22(21)30-25)26(33)32-15-13-31(14-16-32)23(18-7-3-1-4-8-18)19-9-5-2-6-10-19/h1-12,17,23-24H,13-16H2,(H,29,30). The predicted molar refractivity (Wildman–Crippen MR) is 123 cm³/mol. The molecule has 7 heteroatoms. The number of hydrogen-bond acceptors (Lipinski definition) is 3. The fourth-order valence-corrected chi connectivity index (χ4v) is 4.52. The summed E-state index contributed by atoms with van der Waals surface area (Å²) < 4.78 is 25.9. The molecule has 1 N–H and O–H groups in total. The maximum atomic E-state index is 13.1. The van der Waals surface area contributed by atoms with Crippen molar-refractivity contribution in [1.29, 1.82) is 0 Å². The van der Waals surface area contributed by atoms with Crippen molar-refractivity contribution in [3.63, 3.8) is 0 Å². The van der Waals surface area contributed by atoms with Gasteiger partial charge in [0.25, 0.3) is 12.3 Å². The van der Waals surface area contributed by atoms with Gasteiger partial charge in [-0.25, -0.2) is 13.8 Å². The van der Waals surface area contributed by atoms with E-state index in [1.54, 1.807) is 18.2 Å². The molecule has 1 aliphatic rings. The van der Waals surface area contributed by atoms with Gasteiger partial charge in [-0.3, -0.25) is 9.69 Å². The van der Waals surface area contributed by atoms with E-state index in [1.807, 2.05) is 17.0 Å². The number of H-pyrrole nitrogens is 1. The second-order valence-electron chi connectivity index (χ2n) is 8.21. The number of carbonyl (C=O) groups excluding carboxylic acids is 1. The Labute approximate surface area is 190 Å². The lowest BCUT2D eigenvalue weighted by Crippen LogP contribution is -2.49. The van der Waals surface area contributed by atoms with E-state index in [2.05, 4.69) is 63.4 Å². The molecule has 1 amide bonds. The number of imidazole rings is 1. The first kappa shape index (κ1) is 21.3. The second kappa shape index (κ2) is 9.11. The Bertz CT molecular complexity index is 1200. The summed E-state index contributed by atoms with van der Waals surface area (Å²) in [4.78, 5) is 23.8. The van der Waals surface area contributed by atoms with Crippen LogP contribution in [-0.4, -0.2) is 51.9 Å². The summed E-state index contributed by atoms with van der Waals surface area (Å²) in [6, 6.07) is 25.8. The SMILES string of the molecule is O=C(c1ccc2nc(C(F)F)[nH]c2c1)N1CCN(C(c2ccccc2)c2ccccc2)CC1. The third kappa shape index (κ3) is 4.36. The van der Waals surface area contributed by atoms with Crippen molar-refractivity contribution >= 4 is 16.9 Å². The summed E-state index contributed by atoms with van der Waals surface area (Å²) >= 11 is 0. The topological polar surface area (TPSA) is 52.2 Å². The zero-order valence-corrected chi connectivity index (χ0v) is 18.0. The summed E-state index contributed by atoms with van der Waals surface area (Å²) in [6.07, 6.45) is -2.67. The highest BCUT2D eigenvalue weighted by molar-refractivity contribution is 5.97. The molecule has 1 aromatic heterocycles. The minimum Gasteiger partial charge on any atom is -0.337 e. The lowest BCUT2D eigenvalue weighted by molar-refractivity contribution is 0.0597. The van der Waals surface area contributed by atoms with E-state index in [0.29, 0.717) is 29.7 Å². The second-order valence-corrected chi connectivity index (χ2v) is 8.21. The van der Waals surface area contributed by atoms with Crippen LogP contribution in [-0.2, 0) is 0 Å². The Morgan fingerprint density at radius 3 is 2.03 bits per heavy atom. The monoisotopic (exact) mass is 446 g/mol. The van der Waals surface area contributed by atoms with Crippen LogP contribution in [0.2, 0.25) is 0 Å². The van der Waals surface area contributed by atoms with Gasteiger partial charge < -0.3 is 9.88 Å². The number of rotatable bonds is 5. The van der Waals surface area contributed by atoms with E-state index >= 15 is 0 Å². The highest BCUT2D eigenvalue weighted by Gasteiger charge is 2.28. The molecule has 1 fully saturated rings. The number of carbonyl (C=O) groups is 1. The van der Waals surface area contributed by atoms with Gasteiger partial charge in [0.1, 0.15) is 0 Å². The van der Waals surface area contributed by atoms with Gasteiger partial charge >= 0.3 is 0 Å². The van der Waals surface area contributed by atoms with Crippen LogP contribution in [0.3, 0.4) is 0 Å². The van der Waals surface area contributed by atoms with Crippen molar-refractivity contribution in [1.82, 2.24) is 19.8 Å². The number of nitrogens with one attached hydrogen (secondary N) is 1. The molecular formula is C26H24F2N4O. The zero-order chi connectivity index (χ0) is 22.8. The summed E-state index contributed by atoms with van der Waals surface area (Å²) in [5.41, 5.74) is 3.80. The number of fused-ring (bicyclic) bond motifs is 1. The van der Waals surface area contributed by atoms with E-state index in [-0.39, 0.29) is 17.8 Å². The van der Waals surface area contributed by atoms with Crippen LogP contribution in [0, 0.1) is 0 Å². The molecule has 5 nitrogen and oxygen atoms in total. The number of nitrogens with zero attached hydrogens (tertiary/aromatic N) is 3. The van der Waals surface area contributed by atoms with Gasteiger partial charge in [0, 0.05) is 31.7 Å².